The van der Waals surface area contributed by atoms with Crippen LogP contribution in [0.3, 0.4) is 0 Å². The van der Waals surface area contributed by atoms with Gasteiger partial charge >= 0.3 is 6.03 Å². The van der Waals surface area contributed by atoms with Gasteiger partial charge in [-0.05, 0) is 44.4 Å². The molecule has 0 aromatic carbocycles. The first-order chi connectivity index (χ1) is 12.0. The summed E-state index contributed by atoms with van der Waals surface area (Å²) < 4.78 is 0. The molecule has 1 spiro atoms. The van der Waals surface area contributed by atoms with Crippen molar-refractivity contribution in [3.05, 3.63) is 0 Å². The minimum absolute atomic E-state index is 0.128. The largest absolute Gasteiger partial charge is 0.341 e. The average Bonchev–Trinajstić information content (AvgIpc) is 2.86. The number of nitrogens with zero attached hydrogens (tertiary/aromatic N) is 2. The van der Waals surface area contributed by atoms with Crippen molar-refractivity contribution < 1.29 is 14.4 Å². The Bertz CT molecular complexity index is 534. The highest BCUT2D eigenvalue weighted by Crippen LogP contribution is 2.37. The van der Waals surface area contributed by atoms with Crippen LogP contribution in [-0.4, -0.2) is 52.8 Å². The maximum Gasteiger partial charge on any atom is 0.325 e. The molecule has 1 saturated heterocycles. The first-order valence-corrected chi connectivity index (χ1v) is 9.86. The first-order valence-electron chi connectivity index (χ1n) is 9.86. The number of rotatable bonds is 4. The molecule has 0 aromatic heterocycles. The highest BCUT2D eigenvalue weighted by molar-refractivity contribution is 6.09. The summed E-state index contributed by atoms with van der Waals surface area (Å²) in [7, 11) is 1.80. The van der Waals surface area contributed by atoms with Gasteiger partial charge in [0.1, 0.15) is 12.1 Å². The van der Waals surface area contributed by atoms with E-state index in [2.05, 4.69) is 12.2 Å². The third kappa shape index (κ3) is 3.53. The number of likely N-dealkylation sites (N-methyl/N-ethyl adjacent to an activating group) is 1. The molecule has 0 bridgehead atoms. The standard InChI is InChI=1S/C19H31N3O3/c1-3-14-9-11-19(12-10-14)17(24)22(18(25)20-19)13-16(23)21(2)15-7-5-4-6-8-15/h14-15H,3-13H2,1-2H3,(H,20,25). The lowest BCUT2D eigenvalue weighted by Gasteiger charge is -2.35. The molecular formula is C19H31N3O3. The van der Waals surface area contributed by atoms with Crippen LogP contribution < -0.4 is 5.32 Å². The Hall–Kier alpha value is -1.59. The number of nitrogens with one attached hydrogen (secondary N) is 1. The first kappa shape index (κ1) is 18.2. The summed E-state index contributed by atoms with van der Waals surface area (Å²) in [5.74, 6) is 0.315. The van der Waals surface area contributed by atoms with Gasteiger partial charge in [-0.15, -0.1) is 0 Å². The van der Waals surface area contributed by atoms with Gasteiger partial charge in [-0.3, -0.25) is 14.5 Å². The lowest BCUT2D eigenvalue weighted by atomic mass is 9.75. The molecule has 6 heteroatoms. The molecule has 3 fully saturated rings. The van der Waals surface area contributed by atoms with Crippen molar-refractivity contribution in [2.24, 2.45) is 5.92 Å². The zero-order valence-electron chi connectivity index (χ0n) is 15.6. The molecule has 6 nitrogen and oxygen atoms in total. The van der Waals surface area contributed by atoms with Crippen LogP contribution in [-0.2, 0) is 9.59 Å². The molecule has 3 rings (SSSR count). The van der Waals surface area contributed by atoms with Crippen LogP contribution in [0.2, 0.25) is 0 Å². The number of urea groups is 1. The van der Waals surface area contributed by atoms with Crippen molar-refractivity contribution in [3.8, 4) is 0 Å². The molecule has 0 aromatic rings. The lowest BCUT2D eigenvalue weighted by Crippen LogP contribution is -2.50. The van der Waals surface area contributed by atoms with Crippen LogP contribution in [0.25, 0.3) is 0 Å². The maximum atomic E-state index is 12.9. The van der Waals surface area contributed by atoms with Gasteiger partial charge in [-0.1, -0.05) is 32.6 Å². The van der Waals surface area contributed by atoms with Crippen molar-refractivity contribution >= 4 is 17.8 Å². The Morgan fingerprint density at radius 2 is 1.80 bits per heavy atom. The summed E-state index contributed by atoms with van der Waals surface area (Å²) >= 11 is 0. The molecule has 2 saturated carbocycles. The van der Waals surface area contributed by atoms with Crippen LogP contribution >= 0.6 is 0 Å². The van der Waals surface area contributed by atoms with Crippen molar-refractivity contribution in [2.75, 3.05) is 13.6 Å². The molecule has 0 unspecified atom stereocenters. The molecule has 3 aliphatic rings. The van der Waals surface area contributed by atoms with Gasteiger partial charge in [0.25, 0.3) is 5.91 Å². The predicted octanol–water partition coefficient (Wildman–Crippen LogP) is 2.67. The average molecular weight is 349 g/mol. The molecule has 0 radical (unpaired) electrons. The second-order valence-corrected chi connectivity index (χ2v) is 8.05. The number of hydrogen-bond acceptors (Lipinski definition) is 3. The molecule has 1 aliphatic heterocycles. The van der Waals surface area contributed by atoms with E-state index in [9.17, 15) is 14.4 Å². The third-order valence-electron chi connectivity index (χ3n) is 6.59. The number of hydrogen-bond donors (Lipinski definition) is 1. The minimum atomic E-state index is -0.757. The van der Waals surface area contributed by atoms with E-state index in [-0.39, 0.29) is 24.4 Å². The van der Waals surface area contributed by atoms with Crippen molar-refractivity contribution in [3.63, 3.8) is 0 Å². The fraction of sp³-hybridized carbons (Fsp3) is 0.842. The molecular weight excluding hydrogens is 318 g/mol. The summed E-state index contributed by atoms with van der Waals surface area (Å²) in [6.45, 7) is 2.04. The van der Waals surface area contributed by atoms with Gasteiger partial charge in [0.15, 0.2) is 0 Å². The Morgan fingerprint density at radius 1 is 1.16 bits per heavy atom. The van der Waals surface area contributed by atoms with E-state index in [0.717, 1.165) is 49.8 Å². The Balaban J connectivity index is 1.61. The summed E-state index contributed by atoms with van der Waals surface area (Å²) in [6, 6.07) is -0.152. The van der Waals surface area contributed by atoms with E-state index in [1.54, 1.807) is 11.9 Å². The third-order valence-corrected chi connectivity index (χ3v) is 6.59. The van der Waals surface area contributed by atoms with E-state index in [1.807, 2.05) is 0 Å². The van der Waals surface area contributed by atoms with Crippen LogP contribution in [0, 0.1) is 5.92 Å². The molecule has 25 heavy (non-hydrogen) atoms. The van der Waals surface area contributed by atoms with Gasteiger partial charge in [0.2, 0.25) is 5.91 Å². The SMILES string of the molecule is CCC1CCC2(CC1)NC(=O)N(CC(=O)N(C)C1CCCCC1)C2=O. The summed E-state index contributed by atoms with van der Waals surface area (Å²) in [5, 5.41) is 2.90. The van der Waals surface area contributed by atoms with Crippen LogP contribution in [0.5, 0.6) is 0 Å². The highest BCUT2D eigenvalue weighted by Gasteiger charge is 2.52. The molecule has 2 aliphatic carbocycles. The zero-order chi connectivity index (χ0) is 18.0. The second kappa shape index (κ2) is 7.34. The Morgan fingerprint density at radius 3 is 2.40 bits per heavy atom. The lowest BCUT2D eigenvalue weighted by molar-refractivity contribution is -0.140. The molecule has 1 heterocycles. The van der Waals surface area contributed by atoms with E-state index in [1.165, 1.54) is 6.42 Å². The van der Waals surface area contributed by atoms with Crippen molar-refractivity contribution in [1.29, 1.82) is 0 Å². The summed E-state index contributed by atoms with van der Waals surface area (Å²) in [4.78, 5) is 40.8. The van der Waals surface area contributed by atoms with Gasteiger partial charge in [-0.25, -0.2) is 4.79 Å². The molecule has 140 valence electrons. The summed E-state index contributed by atoms with van der Waals surface area (Å²) in [6.07, 6.45) is 9.99. The van der Waals surface area contributed by atoms with E-state index in [4.69, 9.17) is 0 Å². The summed E-state index contributed by atoms with van der Waals surface area (Å²) in [5.41, 5.74) is -0.757. The highest BCUT2D eigenvalue weighted by atomic mass is 16.2. The van der Waals surface area contributed by atoms with E-state index in [0.29, 0.717) is 18.8 Å². The number of imide groups is 1. The fourth-order valence-corrected chi connectivity index (χ4v) is 4.66. The number of carbonyl (C=O) groups excluding carboxylic acids is 3. The molecule has 0 atom stereocenters. The van der Waals surface area contributed by atoms with Gasteiger partial charge in [-0.2, -0.15) is 0 Å². The Kier molecular flexibility index (Phi) is 5.35. The number of carbonyl (C=O) groups is 3. The smallest absolute Gasteiger partial charge is 0.325 e. The molecule has 4 amide bonds. The normalized spacial score (nSPS) is 30.6. The molecule has 1 N–H and O–H groups in total. The van der Waals surface area contributed by atoms with Gasteiger partial charge in [0, 0.05) is 13.1 Å². The topological polar surface area (TPSA) is 69.7 Å². The predicted molar refractivity (Wildman–Crippen MR) is 94.9 cm³/mol. The quantitative estimate of drug-likeness (QED) is 0.793. The van der Waals surface area contributed by atoms with Crippen LogP contribution in [0.4, 0.5) is 4.79 Å². The Labute approximate surface area is 150 Å². The van der Waals surface area contributed by atoms with Gasteiger partial charge in [0.05, 0.1) is 0 Å². The monoisotopic (exact) mass is 349 g/mol. The van der Waals surface area contributed by atoms with Crippen molar-refractivity contribution in [1.82, 2.24) is 15.1 Å². The maximum absolute atomic E-state index is 12.9. The van der Waals surface area contributed by atoms with Gasteiger partial charge < -0.3 is 10.2 Å². The second-order valence-electron chi connectivity index (χ2n) is 8.05. The van der Waals surface area contributed by atoms with E-state index < -0.39 is 11.6 Å². The minimum Gasteiger partial charge on any atom is -0.341 e. The van der Waals surface area contributed by atoms with Crippen molar-refractivity contribution in [2.45, 2.75) is 82.7 Å². The number of amides is 4. The van der Waals surface area contributed by atoms with E-state index >= 15 is 0 Å². The van der Waals surface area contributed by atoms with Crippen LogP contribution in [0.1, 0.15) is 71.1 Å². The van der Waals surface area contributed by atoms with Crippen LogP contribution in [0.15, 0.2) is 0 Å². The fourth-order valence-electron chi connectivity index (χ4n) is 4.66. The zero-order valence-corrected chi connectivity index (χ0v) is 15.6.